The molecule has 0 aliphatic rings. The van der Waals surface area contributed by atoms with Crippen molar-refractivity contribution in [3.05, 3.63) is 35.8 Å². The van der Waals surface area contributed by atoms with Crippen molar-refractivity contribution in [2.75, 3.05) is 6.26 Å². The number of thioether (sulfide) groups is 1. The lowest BCUT2D eigenvalue weighted by Gasteiger charge is -1.96. The summed E-state index contributed by atoms with van der Waals surface area (Å²) in [4.78, 5) is 3.06. The van der Waals surface area contributed by atoms with Crippen molar-refractivity contribution in [3.63, 3.8) is 0 Å². The van der Waals surface area contributed by atoms with Crippen molar-refractivity contribution in [2.24, 2.45) is 0 Å². The average Bonchev–Trinajstić information content (AvgIpc) is 2.51. The average molecular weight is 195 g/mol. The van der Waals surface area contributed by atoms with E-state index in [2.05, 4.69) is 4.98 Å². The minimum Gasteiger partial charge on any atom is -0.361 e. The fourth-order valence-corrected chi connectivity index (χ4v) is 2.02. The third-order valence-electron chi connectivity index (χ3n) is 2.04. The molecule has 0 unspecified atom stereocenters. The van der Waals surface area contributed by atoms with Gasteiger partial charge in [0.1, 0.15) is 5.82 Å². The molecule has 0 radical (unpaired) electrons. The van der Waals surface area contributed by atoms with Crippen LogP contribution in [0, 0.1) is 5.82 Å². The molecular formula is C10H10FNS. The summed E-state index contributed by atoms with van der Waals surface area (Å²) in [5, 5.41) is 0.733. The summed E-state index contributed by atoms with van der Waals surface area (Å²) < 4.78 is 13.4. The van der Waals surface area contributed by atoms with Gasteiger partial charge in [-0.05, 0) is 24.0 Å². The predicted octanol–water partition coefficient (Wildman–Crippen LogP) is 3.17. The first kappa shape index (κ1) is 8.63. The minimum absolute atomic E-state index is 0.136. The quantitative estimate of drug-likeness (QED) is 0.778. The second kappa shape index (κ2) is 3.42. The Morgan fingerprint density at radius 1 is 1.46 bits per heavy atom. The third-order valence-corrected chi connectivity index (χ3v) is 2.64. The molecule has 3 heteroatoms. The summed E-state index contributed by atoms with van der Waals surface area (Å²) in [7, 11) is 0. The molecule has 1 heterocycles. The van der Waals surface area contributed by atoms with Gasteiger partial charge in [-0.15, -0.1) is 0 Å². The lowest BCUT2D eigenvalue weighted by Crippen LogP contribution is -1.80. The Morgan fingerprint density at radius 2 is 2.31 bits per heavy atom. The van der Waals surface area contributed by atoms with E-state index in [-0.39, 0.29) is 5.82 Å². The Kier molecular flexibility index (Phi) is 2.27. The number of aromatic nitrogens is 1. The standard InChI is InChI=1S/C10H10FNS/c1-13-6-7-5-12-9-4-2-3-8(11)10(7)9/h2-5,12H,6H2,1H3. The first-order valence-corrected chi connectivity index (χ1v) is 5.45. The van der Waals surface area contributed by atoms with Gasteiger partial charge in [0.15, 0.2) is 0 Å². The number of hydrogen-bond donors (Lipinski definition) is 1. The van der Waals surface area contributed by atoms with Crippen LogP contribution in [0.5, 0.6) is 0 Å². The number of halogens is 1. The monoisotopic (exact) mass is 195 g/mol. The molecule has 2 aromatic rings. The summed E-state index contributed by atoms with van der Waals surface area (Å²) in [6, 6.07) is 5.11. The Labute approximate surface area is 80.3 Å². The number of fused-ring (bicyclic) bond motifs is 1. The number of rotatable bonds is 2. The second-order valence-corrected chi connectivity index (χ2v) is 3.78. The van der Waals surface area contributed by atoms with Crippen LogP contribution in [0.4, 0.5) is 4.39 Å². The Morgan fingerprint density at radius 3 is 3.08 bits per heavy atom. The van der Waals surface area contributed by atoms with Crippen LogP contribution >= 0.6 is 11.8 Å². The van der Waals surface area contributed by atoms with Gasteiger partial charge in [0.2, 0.25) is 0 Å². The van der Waals surface area contributed by atoms with Crippen molar-refractivity contribution in [2.45, 2.75) is 5.75 Å². The molecule has 0 amide bonds. The number of hydrogen-bond acceptors (Lipinski definition) is 1. The van der Waals surface area contributed by atoms with Crippen molar-refractivity contribution in [1.82, 2.24) is 4.98 Å². The zero-order valence-electron chi connectivity index (χ0n) is 7.30. The van der Waals surface area contributed by atoms with Gasteiger partial charge < -0.3 is 4.98 Å². The predicted molar refractivity (Wildman–Crippen MR) is 55.5 cm³/mol. The van der Waals surface area contributed by atoms with E-state index in [4.69, 9.17) is 0 Å². The van der Waals surface area contributed by atoms with E-state index in [9.17, 15) is 4.39 Å². The second-order valence-electron chi connectivity index (χ2n) is 2.91. The normalized spacial score (nSPS) is 10.9. The summed E-state index contributed by atoms with van der Waals surface area (Å²) in [5.41, 5.74) is 1.92. The first-order chi connectivity index (χ1) is 6.33. The molecule has 0 saturated heterocycles. The van der Waals surface area contributed by atoms with Crippen LogP contribution in [0.25, 0.3) is 10.9 Å². The van der Waals surface area contributed by atoms with Gasteiger partial charge in [0, 0.05) is 22.9 Å². The zero-order chi connectivity index (χ0) is 9.26. The van der Waals surface area contributed by atoms with E-state index >= 15 is 0 Å². The van der Waals surface area contributed by atoms with Crippen LogP contribution in [-0.4, -0.2) is 11.2 Å². The highest BCUT2D eigenvalue weighted by Gasteiger charge is 2.06. The molecule has 0 spiro atoms. The van der Waals surface area contributed by atoms with Gasteiger partial charge in [-0.2, -0.15) is 11.8 Å². The lowest BCUT2D eigenvalue weighted by atomic mass is 10.2. The van der Waals surface area contributed by atoms with Crippen molar-refractivity contribution in [3.8, 4) is 0 Å². The fraction of sp³-hybridized carbons (Fsp3) is 0.200. The topological polar surface area (TPSA) is 15.8 Å². The van der Waals surface area contributed by atoms with Gasteiger partial charge in [-0.1, -0.05) is 6.07 Å². The van der Waals surface area contributed by atoms with E-state index in [1.165, 1.54) is 6.07 Å². The molecule has 1 N–H and O–H groups in total. The molecule has 0 saturated carbocycles. The van der Waals surface area contributed by atoms with E-state index in [1.54, 1.807) is 17.8 Å². The van der Waals surface area contributed by atoms with Crippen molar-refractivity contribution in [1.29, 1.82) is 0 Å². The number of benzene rings is 1. The highest BCUT2D eigenvalue weighted by molar-refractivity contribution is 7.97. The van der Waals surface area contributed by atoms with Gasteiger partial charge in [0.25, 0.3) is 0 Å². The summed E-state index contributed by atoms with van der Waals surface area (Å²) in [6.07, 6.45) is 3.89. The highest BCUT2D eigenvalue weighted by atomic mass is 32.2. The SMILES string of the molecule is CSCc1c[nH]c2cccc(F)c12. The summed E-state index contributed by atoms with van der Waals surface area (Å²) >= 11 is 1.70. The van der Waals surface area contributed by atoms with E-state index in [0.29, 0.717) is 0 Å². The van der Waals surface area contributed by atoms with E-state index < -0.39 is 0 Å². The smallest absolute Gasteiger partial charge is 0.132 e. The van der Waals surface area contributed by atoms with Crippen LogP contribution < -0.4 is 0 Å². The Hall–Kier alpha value is -0.960. The van der Waals surface area contributed by atoms with Crippen LogP contribution in [-0.2, 0) is 5.75 Å². The molecule has 0 aliphatic carbocycles. The van der Waals surface area contributed by atoms with E-state index in [1.807, 2.05) is 18.5 Å². The van der Waals surface area contributed by atoms with Crippen LogP contribution in [0.15, 0.2) is 24.4 Å². The fourth-order valence-electron chi connectivity index (χ4n) is 1.48. The molecule has 0 atom stereocenters. The molecule has 0 aliphatic heterocycles. The molecular weight excluding hydrogens is 185 g/mol. The van der Waals surface area contributed by atoms with Crippen LogP contribution in [0.2, 0.25) is 0 Å². The minimum atomic E-state index is -0.136. The number of aromatic amines is 1. The Balaban J connectivity index is 2.64. The maximum absolute atomic E-state index is 13.4. The third kappa shape index (κ3) is 1.44. The van der Waals surface area contributed by atoms with Gasteiger partial charge in [0.05, 0.1) is 0 Å². The number of nitrogens with one attached hydrogen (secondary N) is 1. The largest absolute Gasteiger partial charge is 0.361 e. The summed E-state index contributed by atoms with van der Waals surface area (Å²) in [6.45, 7) is 0. The van der Waals surface area contributed by atoms with Gasteiger partial charge >= 0.3 is 0 Å². The van der Waals surface area contributed by atoms with Crippen LogP contribution in [0.1, 0.15) is 5.56 Å². The maximum atomic E-state index is 13.4. The van der Waals surface area contributed by atoms with Crippen LogP contribution in [0.3, 0.4) is 0 Å². The van der Waals surface area contributed by atoms with Gasteiger partial charge in [-0.25, -0.2) is 4.39 Å². The zero-order valence-corrected chi connectivity index (χ0v) is 8.12. The molecule has 2 rings (SSSR count). The molecule has 68 valence electrons. The molecule has 0 fully saturated rings. The first-order valence-electron chi connectivity index (χ1n) is 4.06. The highest BCUT2D eigenvalue weighted by Crippen LogP contribution is 2.23. The lowest BCUT2D eigenvalue weighted by molar-refractivity contribution is 0.639. The maximum Gasteiger partial charge on any atom is 0.132 e. The molecule has 13 heavy (non-hydrogen) atoms. The number of H-pyrrole nitrogens is 1. The molecule has 1 aromatic carbocycles. The Bertz CT molecular complexity index is 422. The molecule has 1 nitrogen and oxygen atoms in total. The summed E-state index contributed by atoms with van der Waals surface area (Å²) in [5.74, 6) is 0.712. The van der Waals surface area contributed by atoms with Gasteiger partial charge in [-0.3, -0.25) is 0 Å². The van der Waals surface area contributed by atoms with Crippen molar-refractivity contribution < 1.29 is 4.39 Å². The van der Waals surface area contributed by atoms with E-state index in [0.717, 1.165) is 22.2 Å². The molecule has 0 bridgehead atoms. The molecule has 1 aromatic heterocycles. The van der Waals surface area contributed by atoms with Crippen molar-refractivity contribution >= 4 is 22.7 Å².